The molecule has 0 fully saturated rings. The molecule has 0 aromatic carbocycles. The van der Waals surface area contributed by atoms with Gasteiger partial charge in [0, 0.05) is 12.8 Å². The predicted octanol–water partition coefficient (Wildman–Crippen LogP) is 1.07. The van der Waals surface area contributed by atoms with E-state index in [1.54, 1.807) is 17.8 Å². The lowest BCUT2D eigenvalue weighted by atomic mass is 10.4. The van der Waals surface area contributed by atoms with Gasteiger partial charge in [0.15, 0.2) is 5.69 Å². The molecule has 0 bridgehead atoms. The molecule has 6 nitrogen and oxygen atoms in total. The van der Waals surface area contributed by atoms with Gasteiger partial charge in [-0.05, 0) is 13.3 Å². The number of aromatic nitrogens is 2. The Hall–Kier alpha value is -1.56. The zero-order chi connectivity index (χ0) is 12.7. The Labute approximate surface area is 101 Å². The summed E-state index contributed by atoms with van der Waals surface area (Å²) in [6, 6.07) is 0. The molecular formula is C11H19N3O3. The van der Waals surface area contributed by atoms with Crippen molar-refractivity contribution in [3.8, 4) is 0 Å². The number of rotatable bonds is 7. The van der Waals surface area contributed by atoms with Gasteiger partial charge >= 0.3 is 5.97 Å². The molecule has 0 aliphatic rings. The van der Waals surface area contributed by atoms with Crippen molar-refractivity contribution >= 4 is 11.7 Å². The Balaban J connectivity index is 2.52. The van der Waals surface area contributed by atoms with Crippen molar-refractivity contribution in [1.82, 2.24) is 9.78 Å². The maximum atomic E-state index is 11.4. The van der Waals surface area contributed by atoms with Gasteiger partial charge in [0.2, 0.25) is 0 Å². The summed E-state index contributed by atoms with van der Waals surface area (Å²) in [5, 5.41) is 4.06. The molecule has 0 atom stereocenters. The van der Waals surface area contributed by atoms with Crippen LogP contribution in [0.3, 0.4) is 0 Å². The van der Waals surface area contributed by atoms with Gasteiger partial charge in [-0.1, -0.05) is 6.92 Å². The summed E-state index contributed by atoms with van der Waals surface area (Å²) in [6.45, 7) is 5.95. The molecular weight excluding hydrogens is 222 g/mol. The Morgan fingerprint density at radius 2 is 2.24 bits per heavy atom. The van der Waals surface area contributed by atoms with Crippen LogP contribution in [-0.2, 0) is 16.0 Å². The molecule has 6 heteroatoms. The van der Waals surface area contributed by atoms with Crippen LogP contribution in [0, 0.1) is 0 Å². The summed E-state index contributed by atoms with van der Waals surface area (Å²) >= 11 is 0. The van der Waals surface area contributed by atoms with Gasteiger partial charge in [0.05, 0.1) is 25.4 Å². The summed E-state index contributed by atoms with van der Waals surface area (Å²) in [7, 11) is 0. The number of nitrogen functional groups attached to an aromatic ring is 1. The first kappa shape index (κ1) is 13.5. The van der Waals surface area contributed by atoms with Crippen molar-refractivity contribution in [2.45, 2.75) is 26.8 Å². The van der Waals surface area contributed by atoms with E-state index in [0.29, 0.717) is 25.4 Å². The zero-order valence-electron chi connectivity index (χ0n) is 10.3. The van der Waals surface area contributed by atoms with Gasteiger partial charge in [-0.25, -0.2) is 4.79 Å². The number of nitrogens with zero attached hydrogens (tertiary/aromatic N) is 2. The third-order valence-corrected chi connectivity index (χ3v) is 2.07. The molecule has 0 spiro atoms. The predicted molar refractivity (Wildman–Crippen MR) is 63.7 cm³/mol. The lowest BCUT2D eigenvalue weighted by Gasteiger charge is -2.02. The molecule has 0 aliphatic heterocycles. The SMILES string of the molecule is CCCOCCn1cc(N)c(C(=O)OCC)n1. The van der Waals surface area contributed by atoms with Crippen molar-refractivity contribution in [3.63, 3.8) is 0 Å². The molecule has 0 saturated carbocycles. The van der Waals surface area contributed by atoms with Gasteiger partial charge in [0.1, 0.15) is 0 Å². The number of nitrogens with two attached hydrogens (primary N) is 1. The molecule has 1 rings (SSSR count). The molecule has 1 aromatic heterocycles. The fraction of sp³-hybridized carbons (Fsp3) is 0.636. The van der Waals surface area contributed by atoms with Crippen molar-refractivity contribution in [2.75, 3.05) is 25.6 Å². The van der Waals surface area contributed by atoms with Crippen LogP contribution in [0.15, 0.2) is 6.20 Å². The Morgan fingerprint density at radius 3 is 2.88 bits per heavy atom. The average molecular weight is 241 g/mol. The third kappa shape index (κ3) is 4.07. The van der Waals surface area contributed by atoms with E-state index in [1.807, 2.05) is 6.92 Å². The van der Waals surface area contributed by atoms with E-state index in [2.05, 4.69) is 5.10 Å². The Bertz CT molecular complexity index is 363. The highest BCUT2D eigenvalue weighted by atomic mass is 16.5. The zero-order valence-corrected chi connectivity index (χ0v) is 10.3. The van der Waals surface area contributed by atoms with E-state index in [0.717, 1.165) is 13.0 Å². The standard InChI is InChI=1S/C11H19N3O3/c1-3-6-16-7-5-14-8-9(12)10(13-14)11(15)17-4-2/h8H,3-7,12H2,1-2H3. The van der Waals surface area contributed by atoms with Gasteiger partial charge in [-0.15, -0.1) is 0 Å². The molecule has 1 aromatic rings. The summed E-state index contributed by atoms with van der Waals surface area (Å²) < 4.78 is 11.8. The van der Waals surface area contributed by atoms with Gasteiger partial charge in [-0.3, -0.25) is 4.68 Å². The highest BCUT2D eigenvalue weighted by molar-refractivity contribution is 5.92. The fourth-order valence-corrected chi connectivity index (χ4v) is 1.31. The second kappa shape index (κ2) is 6.90. The number of ether oxygens (including phenoxy) is 2. The van der Waals surface area contributed by atoms with Gasteiger partial charge in [-0.2, -0.15) is 5.10 Å². The first-order valence-electron chi connectivity index (χ1n) is 5.76. The maximum absolute atomic E-state index is 11.4. The molecule has 0 amide bonds. The van der Waals surface area contributed by atoms with Crippen molar-refractivity contribution in [1.29, 1.82) is 0 Å². The van der Waals surface area contributed by atoms with E-state index < -0.39 is 5.97 Å². The number of carbonyl (C=O) groups excluding carboxylic acids is 1. The summed E-state index contributed by atoms with van der Waals surface area (Å²) in [5.41, 5.74) is 6.18. The first-order valence-corrected chi connectivity index (χ1v) is 5.76. The molecule has 17 heavy (non-hydrogen) atoms. The highest BCUT2D eigenvalue weighted by Crippen LogP contribution is 2.10. The number of hydrogen-bond acceptors (Lipinski definition) is 5. The lowest BCUT2D eigenvalue weighted by molar-refractivity contribution is 0.0518. The van der Waals surface area contributed by atoms with Crippen LogP contribution in [0.1, 0.15) is 30.8 Å². The Kier molecular flexibility index (Phi) is 5.48. The minimum Gasteiger partial charge on any atom is -0.461 e. The Morgan fingerprint density at radius 1 is 1.47 bits per heavy atom. The van der Waals surface area contributed by atoms with Gasteiger partial charge in [0.25, 0.3) is 0 Å². The largest absolute Gasteiger partial charge is 0.461 e. The monoisotopic (exact) mass is 241 g/mol. The maximum Gasteiger partial charge on any atom is 0.361 e. The first-order chi connectivity index (χ1) is 8.19. The number of carbonyl (C=O) groups is 1. The molecule has 0 saturated heterocycles. The molecule has 0 unspecified atom stereocenters. The van der Waals surface area contributed by atoms with E-state index >= 15 is 0 Å². The molecule has 1 heterocycles. The average Bonchev–Trinajstić information content (AvgIpc) is 2.66. The number of hydrogen-bond donors (Lipinski definition) is 1. The summed E-state index contributed by atoms with van der Waals surface area (Å²) in [4.78, 5) is 11.4. The third-order valence-electron chi connectivity index (χ3n) is 2.07. The quantitative estimate of drug-likeness (QED) is 0.570. The minimum atomic E-state index is -0.488. The van der Waals surface area contributed by atoms with Crippen LogP contribution in [0.2, 0.25) is 0 Å². The van der Waals surface area contributed by atoms with E-state index in [9.17, 15) is 4.79 Å². The normalized spacial score (nSPS) is 10.5. The molecule has 0 radical (unpaired) electrons. The van der Waals surface area contributed by atoms with Crippen LogP contribution >= 0.6 is 0 Å². The fourth-order valence-electron chi connectivity index (χ4n) is 1.31. The summed E-state index contributed by atoms with van der Waals surface area (Å²) in [5.74, 6) is -0.488. The minimum absolute atomic E-state index is 0.169. The van der Waals surface area contributed by atoms with Crippen molar-refractivity contribution in [3.05, 3.63) is 11.9 Å². The molecule has 0 aliphatic carbocycles. The van der Waals surface area contributed by atoms with Crippen LogP contribution in [0.4, 0.5) is 5.69 Å². The van der Waals surface area contributed by atoms with E-state index in [1.165, 1.54) is 0 Å². The van der Waals surface area contributed by atoms with Crippen LogP contribution in [-0.4, -0.2) is 35.6 Å². The van der Waals surface area contributed by atoms with Crippen molar-refractivity contribution < 1.29 is 14.3 Å². The smallest absolute Gasteiger partial charge is 0.361 e. The molecule has 2 N–H and O–H groups in total. The summed E-state index contributed by atoms with van der Waals surface area (Å²) in [6.07, 6.45) is 2.59. The van der Waals surface area contributed by atoms with Crippen LogP contribution in [0.5, 0.6) is 0 Å². The lowest BCUT2D eigenvalue weighted by Crippen LogP contribution is -2.10. The number of esters is 1. The van der Waals surface area contributed by atoms with Crippen molar-refractivity contribution in [2.24, 2.45) is 0 Å². The second-order valence-electron chi connectivity index (χ2n) is 3.53. The topological polar surface area (TPSA) is 79.4 Å². The highest BCUT2D eigenvalue weighted by Gasteiger charge is 2.15. The second-order valence-corrected chi connectivity index (χ2v) is 3.53. The van der Waals surface area contributed by atoms with Crippen LogP contribution in [0.25, 0.3) is 0 Å². The van der Waals surface area contributed by atoms with Gasteiger partial charge < -0.3 is 15.2 Å². The van der Waals surface area contributed by atoms with Crippen LogP contribution < -0.4 is 5.73 Å². The molecule has 96 valence electrons. The van der Waals surface area contributed by atoms with E-state index in [4.69, 9.17) is 15.2 Å². The van der Waals surface area contributed by atoms with E-state index in [-0.39, 0.29) is 5.69 Å². The number of anilines is 1.